The Morgan fingerprint density at radius 3 is 2.70 bits per heavy atom. The summed E-state index contributed by atoms with van der Waals surface area (Å²) in [4.78, 5) is 18.0. The van der Waals surface area contributed by atoms with Gasteiger partial charge in [0.1, 0.15) is 9.71 Å². The third-order valence-corrected chi connectivity index (χ3v) is 4.85. The van der Waals surface area contributed by atoms with Gasteiger partial charge >= 0.3 is 0 Å². The SMILES string of the molecule is Nc1c(C(=O)Nc2ccc3ccccc3c2)sc2ncccc12. The fourth-order valence-corrected chi connectivity index (χ4v) is 3.53. The van der Waals surface area contributed by atoms with Crippen molar-refractivity contribution in [3.63, 3.8) is 0 Å². The zero-order valence-electron chi connectivity index (χ0n) is 12.1. The summed E-state index contributed by atoms with van der Waals surface area (Å²) in [6.45, 7) is 0. The van der Waals surface area contributed by atoms with Crippen LogP contribution in [0.3, 0.4) is 0 Å². The third kappa shape index (κ3) is 2.41. The van der Waals surface area contributed by atoms with Crippen LogP contribution in [-0.4, -0.2) is 10.9 Å². The molecule has 0 atom stereocenters. The quantitative estimate of drug-likeness (QED) is 0.579. The van der Waals surface area contributed by atoms with Crippen LogP contribution >= 0.6 is 11.3 Å². The summed E-state index contributed by atoms with van der Waals surface area (Å²) in [6, 6.07) is 17.5. The lowest BCUT2D eigenvalue weighted by Gasteiger charge is -2.06. The molecule has 0 aliphatic carbocycles. The van der Waals surface area contributed by atoms with Crippen molar-refractivity contribution in [3.05, 3.63) is 65.7 Å². The fourth-order valence-electron chi connectivity index (χ4n) is 2.57. The molecule has 0 aliphatic heterocycles. The number of aromatic nitrogens is 1. The van der Waals surface area contributed by atoms with Gasteiger partial charge in [-0.2, -0.15) is 0 Å². The van der Waals surface area contributed by atoms with Gasteiger partial charge in [0.05, 0.1) is 5.69 Å². The maximum absolute atomic E-state index is 12.5. The van der Waals surface area contributed by atoms with Crippen LogP contribution in [0.2, 0.25) is 0 Å². The van der Waals surface area contributed by atoms with Crippen molar-refractivity contribution in [2.45, 2.75) is 0 Å². The normalized spacial score (nSPS) is 11.0. The molecule has 4 aromatic rings. The minimum atomic E-state index is -0.208. The van der Waals surface area contributed by atoms with Gasteiger partial charge in [0, 0.05) is 17.3 Å². The number of benzene rings is 2. The van der Waals surface area contributed by atoms with Gasteiger partial charge < -0.3 is 11.1 Å². The summed E-state index contributed by atoms with van der Waals surface area (Å²) < 4.78 is 0. The minimum absolute atomic E-state index is 0.208. The number of hydrogen-bond acceptors (Lipinski definition) is 4. The molecular weight excluding hydrogens is 306 g/mol. The molecule has 3 N–H and O–H groups in total. The number of nitrogens with zero attached hydrogens (tertiary/aromatic N) is 1. The van der Waals surface area contributed by atoms with Crippen LogP contribution in [0, 0.1) is 0 Å². The molecule has 0 bridgehead atoms. The van der Waals surface area contributed by atoms with Crippen molar-refractivity contribution in [2.24, 2.45) is 0 Å². The van der Waals surface area contributed by atoms with Crippen LogP contribution in [0.15, 0.2) is 60.8 Å². The van der Waals surface area contributed by atoms with Gasteiger partial charge in [0.15, 0.2) is 0 Å². The average molecular weight is 319 g/mol. The van der Waals surface area contributed by atoms with Crippen molar-refractivity contribution >= 4 is 49.6 Å². The highest BCUT2D eigenvalue weighted by Crippen LogP contribution is 2.32. The van der Waals surface area contributed by atoms with E-state index in [1.54, 1.807) is 6.20 Å². The molecule has 2 aromatic carbocycles. The molecule has 23 heavy (non-hydrogen) atoms. The Balaban J connectivity index is 1.69. The minimum Gasteiger partial charge on any atom is -0.397 e. The number of nitrogen functional groups attached to an aromatic ring is 1. The standard InChI is InChI=1S/C18H13N3OS/c19-15-14-6-3-9-20-18(14)23-16(15)17(22)21-13-8-7-11-4-1-2-5-12(11)10-13/h1-10H,19H2,(H,21,22). The van der Waals surface area contributed by atoms with E-state index in [0.29, 0.717) is 10.6 Å². The molecule has 0 spiro atoms. The zero-order chi connectivity index (χ0) is 15.8. The second-order valence-electron chi connectivity index (χ2n) is 5.22. The first-order valence-electron chi connectivity index (χ1n) is 7.15. The highest BCUT2D eigenvalue weighted by atomic mass is 32.1. The first-order chi connectivity index (χ1) is 11.2. The van der Waals surface area contributed by atoms with Gasteiger partial charge in [0.25, 0.3) is 5.91 Å². The van der Waals surface area contributed by atoms with Crippen LogP contribution < -0.4 is 11.1 Å². The molecule has 0 unspecified atom stereocenters. The summed E-state index contributed by atoms with van der Waals surface area (Å²) in [5.74, 6) is -0.208. The number of amides is 1. The fraction of sp³-hybridized carbons (Fsp3) is 0. The molecular formula is C18H13N3OS. The van der Waals surface area contributed by atoms with Gasteiger partial charge in [-0.25, -0.2) is 4.98 Å². The molecule has 1 amide bonds. The first kappa shape index (κ1) is 13.7. The van der Waals surface area contributed by atoms with Gasteiger partial charge in [-0.15, -0.1) is 11.3 Å². The maximum Gasteiger partial charge on any atom is 0.267 e. The van der Waals surface area contributed by atoms with E-state index in [2.05, 4.69) is 10.3 Å². The smallest absolute Gasteiger partial charge is 0.267 e. The number of nitrogens with one attached hydrogen (secondary N) is 1. The van der Waals surface area contributed by atoms with Crippen LogP contribution in [-0.2, 0) is 0 Å². The molecule has 2 heterocycles. The lowest BCUT2D eigenvalue weighted by atomic mass is 10.1. The molecule has 0 aliphatic rings. The Bertz CT molecular complexity index is 1040. The second-order valence-corrected chi connectivity index (χ2v) is 6.22. The molecule has 112 valence electrons. The molecule has 4 nitrogen and oxygen atoms in total. The van der Waals surface area contributed by atoms with E-state index in [4.69, 9.17) is 5.73 Å². The number of rotatable bonds is 2. The predicted molar refractivity (Wildman–Crippen MR) is 95.9 cm³/mol. The second kappa shape index (κ2) is 5.37. The summed E-state index contributed by atoms with van der Waals surface area (Å²) in [5.41, 5.74) is 7.33. The van der Waals surface area contributed by atoms with E-state index in [1.165, 1.54) is 11.3 Å². The molecule has 0 radical (unpaired) electrons. The van der Waals surface area contributed by atoms with Gasteiger partial charge in [-0.05, 0) is 35.0 Å². The van der Waals surface area contributed by atoms with E-state index >= 15 is 0 Å². The Morgan fingerprint density at radius 1 is 1.04 bits per heavy atom. The number of fused-ring (bicyclic) bond motifs is 2. The Hall–Kier alpha value is -2.92. The monoisotopic (exact) mass is 319 g/mol. The van der Waals surface area contributed by atoms with Crippen molar-refractivity contribution in [3.8, 4) is 0 Å². The largest absolute Gasteiger partial charge is 0.397 e. The number of thiophene rings is 1. The van der Waals surface area contributed by atoms with E-state index in [9.17, 15) is 4.79 Å². The van der Waals surface area contributed by atoms with Crippen LogP contribution in [0.5, 0.6) is 0 Å². The Labute approximate surface area is 136 Å². The van der Waals surface area contributed by atoms with Gasteiger partial charge in [0.2, 0.25) is 0 Å². The number of pyridine rings is 1. The Morgan fingerprint density at radius 2 is 1.87 bits per heavy atom. The number of anilines is 2. The highest BCUT2D eigenvalue weighted by molar-refractivity contribution is 7.21. The van der Waals surface area contributed by atoms with Gasteiger partial charge in [-0.1, -0.05) is 30.3 Å². The molecule has 0 saturated heterocycles. The van der Waals surface area contributed by atoms with Crippen LogP contribution in [0.25, 0.3) is 21.0 Å². The molecule has 0 fully saturated rings. The van der Waals surface area contributed by atoms with E-state index in [0.717, 1.165) is 26.7 Å². The molecule has 2 aromatic heterocycles. The molecule has 5 heteroatoms. The van der Waals surface area contributed by atoms with Crippen LogP contribution in [0.1, 0.15) is 9.67 Å². The summed E-state index contributed by atoms with van der Waals surface area (Å²) in [7, 11) is 0. The van der Waals surface area contributed by atoms with Crippen molar-refractivity contribution in [1.82, 2.24) is 4.98 Å². The van der Waals surface area contributed by atoms with Crippen molar-refractivity contribution in [2.75, 3.05) is 11.1 Å². The third-order valence-electron chi connectivity index (χ3n) is 3.72. The van der Waals surface area contributed by atoms with E-state index in [1.807, 2.05) is 54.6 Å². The average Bonchev–Trinajstić information content (AvgIpc) is 2.92. The number of nitrogens with two attached hydrogens (primary N) is 1. The van der Waals surface area contributed by atoms with Crippen molar-refractivity contribution in [1.29, 1.82) is 0 Å². The molecule has 0 saturated carbocycles. The van der Waals surface area contributed by atoms with Gasteiger partial charge in [-0.3, -0.25) is 4.79 Å². The maximum atomic E-state index is 12.5. The predicted octanol–water partition coefficient (Wildman–Crippen LogP) is 4.28. The lowest BCUT2D eigenvalue weighted by molar-refractivity contribution is 0.103. The summed E-state index contributed by atoms with van der Waals surface area (Å²) >= 11 is 1.31. The highest BCUT2D eigenvalue weighted by Gasteiger charge is 2.17. The number of hydrogen-bond donors (Lipinski definition) is 2. The topological polar surface area (TPSA) is 68.0 Å². The number of carbonyl (C=O) groups excluding carboxylic acids is 1. The van der Waals surface area contributed by atoms with Crippen LogP contribution in [0.4, 0.5) is 11.4 Å². The Kier molecular flexibility index (Phi) is 3.20. The lowest BCUT2D eigenvalue weighted by Crippen LogP contribution is -2.11. The summed E-state index contributed by atoms with van der Waals surface area (Å²) in [6.07, 6.45) is 1.70. The van der Waals surface area contributed by atoms with E-state index < -0.39 is 0 Å². The molecule has 4 rings (SSSR count). The zero-order valence-corrected chi connectivity index (χ0v) is 12.9. The summed E-state index contributed by atoms with van der Waals surface area (Å²) in [5, 5.41) is 5.95. The first-order valence-corrected chi connectivity index (χ1v) is 7.97. The number of carbonyl (C=O) groups is 1. The van der Waals surface area contributed by atoms with Crippen molar-refractivity contribution < 1.29 is 4.79 Å². The van der Waals surface area contributed by atoms with E-state index in [-0.39, 0.29) is 5.91 Å².